The topological polar surface area (TPSA) is 49.8 Å². The van der Waals surface area contributed by atoms with E-state index in [-0.39, 0.29) is 12.6 Å². The van der Waals surface area contributed by atoms with Crippen LogP contribution in [0.1, 0.15) is 12.8 Å². The Labute approximate surface area is 84.2 Å². The number of piperidine rings is 1. The smallest absolute Gasteiger partial charge is 0.331 e. The Hall–Kier alpha value is -1.03. The lowest BCUT2D eigenvalue weighted by atomic mass is 9.98. The number of ether oxygens (including phenoxy) is 1. The zero-order valence-corrected chi connectivity index (χ0v) is 8.48. The van der Waals surface area contributed by atoms with E-state index in [2.05, 4.69) is 9.64 Å². The number of rotatable bonds is 3. The summed E-state index contributed by atoms with van der Waals surface area (Å²) in [6, 6.07) is 0. The number of nitrogens with zero attached hydrogens (tertiary/aromatic N) is 1. The van der Waals surface area contributed by atoms with Crippen LogP contribution in [-0.4, -0.2) is 42.8 Å². The van der Waals surface area contributed by atoms with Crippen molar-refractivity contribution in [2.45, 2.75) is 12.8 Å². The molecule has 0 spiro atoms. The highest BCUT2D eigenvalue weighted by molar-refractivity contribution is 5.81. The van der Waals surface area contributed by atoms with Gasteiger partial charge in [-0.1, -0.05) is 0 Å². The van der Waals surface area contributed by atoms with Gasteiger partial charge in [0.2, 0.25) is 0 Å². The largest absolute Gasteiger partial charge is 0.466 e. The van der Waals surface area contributed by atoms with Crippen LogP contribution in [0.4, 0.5) is 0 Å². The first-order valence-corrected chi connectivity index (χ1v) is 4.87. The molecule has 0 aromatic carbocycles. The standard InChI is InChI=1S/C10H17NO3/c1-14-10(13)4-7-11-5-2-9(8-12)3-6-11/h4,7,9,12H,2-3,5-6,8H2,1H3. The van der Waals surface area contributed by atoms with Gasteiger partial charge in [-0.3, -0.25) is 0 Å². The zero-order chi connectivity index (χ0) is 10.4. The van der Waals surface area contributed by atoms with Crippen molar-refractivity contribution < 1.29 is 14.6 Å². The van der Waals surface area contributed by atoms with Crippen LogP contribution in [0, 0.1) is 5.92 Å². The minimum absolute atomic E-state index is 0.272. The Morgan fingerprint density at radius 1 is 1.57 bits per heavy atom. The molecule has 1 fully saturated rings. The Morgan fingerprint density at radius 3 is 2.71 bits per heavy atom. The zero-order valence-electron chi connectivity index (χ0n) is 8.48. The molecular weight excluding hydrogens is 182 g/mol. The van der Waals surface area contributed by atoms with Crippen molar-refractivity contribution in [3.8, 4) is 0 Å². The molecule has 0 aliphatic carbocycles. The summed E-state index contributed by atoms with van der Waals surface area (Å²) < 4.78 is 4.49. The second kappa shape index (κ2) is 5.65. The summed E-state index contributed by atoms with van der Waals surface area (Å²) in [5.41, 5.74) is 0. The summed E-state index contributed by atoms with van der Waals surface area (Å²) in [5.74, 6) is 0.104. The van der Waals surface area contributed by atoms with Crippen LogP contribution in [0.2, 0.25) is 0 Å². The van der Waals surface area contributed by atoms with Gasteiger partial charge in [-0.2, -0.15) is 0 Å². The molecule has 1 aliphatic heterocycles. The predicted octanol–water partition coefficient (Wildman–Crippen LogP) is 0.377. The van der Waals surface area contributed by atoms with Gasteiger partial charge in [-0.15, -0.1) is 0 Å². The molecule has 0 aromatic rings. The Kier molecular flexibility index (Phi) is 4.46. The molecule has 1 N–H and O–H groups in total. The van der Waals surface area contributed by atoms with Gasteiger partial charge in [0.05, 0.1) is 7.11 Å². The van der Waals surface area contributed by atoms with Crippen LogP contribution in [0.3, 0.4) is 0 Å². The van der Waals surface area contributed by atoms with Gasteiger partial charge < -0.3 is 14.7 Å². The van der Waals surface area contributed by atoms with E-state index in [1.807, 2.05) is 0 Å². The molecule has 1 saturated heterocycles. The van der Waals surface area contributed by atoms with Crippen LogP contribution in [0.5, 0.6) is 0 Å². The van der Waals surface area contributed by atoms with E-state index < -0.39 is 0 Å². The van der Waals surface area contributed by atoms with Crippen LogP contribution in [0.25, 0.3) is 0 Å². The van der Waals surface area contributed by atoms with Crippen molar-refractivity contribution in [1.29, 1.82) is 0 Å². The fourth-order valence-electron chi connectivity index (χ4n) is 1.52. The van der Waals surface area contributed by atoms with Gasteiger partial charge in [0.1, 0.15) is 0 Å². The summed E-state index contributed by atoms with van der Waals surface area (Å²) in [5, 5.41) is 8.92. The molecule has 0 radical (unpaired) electrons. The Morgan fingerprint density at radius 2 is 2.21 bits per heavy atom. The lowest BCUT2D eigenvalue weighted by Crippen LogP contribution is -2.31. The normalized spacial score (nSPS) is 18.9. The molecule has 14 heavy (non-hydrogen) atoms. The predicted molar refractivity (Wildman–Crippen MR) is 52.5 cm³/mol. The molecule has 0 atom stereocenters. The minimum atomic E-state index is -0.325. The first kappa shape index (κ1) is 11.0. The Bertz CT molecular complexity index is 207. The number of hydrogen-bond acceptors (Lipinski definition) is 4. The summed E-state index contributed by atoms with van der Waals surface area (Å²) in [7, 11) is 1.37. The van der Waals surface area contributed by atoms with E-state index in [0.29, 0.717) is 5.92 Å². The third-order valence-corrected chi connectivity index (χ3v) is 2.53. The molecule has 0 amide bonds. The van der Waals surface area contributed by atoms with Crippen LogP contribution < -0.4 is 0 Å². The molecule has 4 nitrogen and oxygen atoms in total. The summed E-state index contributed by atoms with van der Waals surface area (Å²) >= 11 is 0. The fourth-order valence-corrected chi connectivity index (χ4v) is 1.52. The van der Waals surface area contributed by atoms with Gasteiger partial charge in [-0.05, 0) is 18.8 Å². The van der Waals surface area contributed by atoms with Crippen molar-refractivity contribution in [2.24, 2.45) is 5.92 Å². The minimum Gasteiger partial charge on any atom is -0.466 e. The number of likely N-dealkylation sites (tertiary alicyclic amines) is 1. The van der Waals surface area contributed by atoms with E-state index >= 15 is 0 Å². The van der Waals surface area contributed by atoms with Gasteiger partial charge in [0.25, 0.3) is 0 Å². The number of methoxy groups -OCH3 is 1. The highest BCUT2D eigenvalue weighted by atomic mass is 16.5. The number of aliphatic hydroxyl groups excluding tert-OH is 1. The fraction of sp³-hybridized carbons (Fsp3) is 0.700. The van der Waals surface area contributed by atoms with Crippen LogP contribution in [0.15, 0.2) is 12.3 Å². The average Bonchev–Trinajstić information content (AvgIpc) is 2.26. The first-order chi connectivity index (χ1) is 6.76. The van der Waals surface area contributed by atoms with Crippen LogP contribution in [-0.2, 0) is 9.53 Å². The number of aliphatic hydroxyl groups is 1. The van der Waals surface area contributed by atoms with Crippen molar-refractivity contribution in [3.63, 3.8) is 0 Å². The van der Waals surface area contributed by atoms with E-state index in [9.17, 15) is 4.79 Å². The van der Waals surface area contributed by atoms with E-state index in [1.54, 1.807) is 6.20 Å². The summed E-state index contributed by atoms with van der Waals surface area (Å²) in [6.07, 6.45) is 5.17. The quantitative estimate of drug-likeness (QED) is 0.527. The number of carbonyl (C=O) groups is 1. The van der Waals surface area contributed by atoms with Gasteiger partial charge in [-0.25, -0.2) is 4.79 Å². The van der Waals surface area contributed by atoms with Gasteiger partial charge >= 0.3 is 5.97 Å². The maximum absolute atomic E-state index is 10.8. The van der Waals surface area contributed by atoms with E-state index in [4.69, 9.17) is 5.11 Å². The molecule has 0 saturated carbocycles. The Balaban J connectivity index is 2.28. The molecule has 0 aromatic heterocycles. The lowest BCUT2D eigenvalue weighted by molar-refractivity contribution is -0.134. The number of carbonyl (C=O) groups excluding carboxylic acids is 1. The average molecular weight is 199 g/mol. The van der Waals surface area contributed by atoms with E-state index in [1.165, 1.54) is 13.2 Å². The monoisotopic (exact) mass is 199 g/mol. The third kappa shape index (κ3) is 3.38. The summed E-state index contributed by atoms with van der Waals surface area (Å²) in [4.78, 5) is 12.9. The van der Waals surface area contributed by atoms with Crippen molar-refractivity contribution in [1.82, 2.24) is 4.90 Å². The highest BCUT2D eigenvalue weighted by Crippen LogP contribution is 2.16. The molecule has 4 heteroatoms. The van der Waals surface area contributed by atoms with Gasteiger partial charge in [0.15, 0.2) is 0 Å². The number of esters is 1. The van der Waals surface area contributed by atoms with Crippen LogP contribution >= 0.6 is 0 Å². The SMILES string of the molecule is COC(=O)C=CN1CCC(CO)CC1. The van der Waals surface area contributed by atoms with Crippen molar-refractivity contribution >= 4 is 5.97 Å². The molecule has 0 bridgehead atoms. The second-order valence-corrected chi connectivity index (χ2v) is 3.50. The molecule has 1 heterocycles. The molecule has 80 valence electrons. The lowest BCUT2D eigenvalue weighted by Gasteiger charge is -2.29. The second-order valence-electron chi connectivity index (χ2n) is 3.50. The van der Waals surface area contributed by atoms with Gasteiger partial charge in [0, 0.05) is 32.0 Å². The third-order valence-electron chi connectivity index (χ3n) is 2.53. The molecule has 1 rings (SSSR count). The summed E-state index contributed by atoms with van der Waals surface area (Å²) in [6.45, 7) is 2.08. The highest BCUT2D eigenvalue weighted by Gasteiger charge is 2.15. The molecular formula is C10H17NO3. The number of hydrogen-bond donors (Lipinski definition) is 1. The van der Waals surface area contributed by atoms with Crippen molar-refractivity contribution in [2.75, 3.05) is 26.8 Å². The van der Waals surface area contributed by atoms with Crippen molar-refractivity contribution in [3.05, 3.63) is 12.3 Å². The maximum Gasteiger partial charge on any atom is 0.331 e. The maximum atomic E-state index is 10.8. The molecule has 0 unspecified atom stereocenters. The molecule has 1 aliphatic rings. The first-order valence-electron chi connectivity index (χ1n) is 4.87. The van der Waals surface area contributed by atoms with E-state index in [0.717, 1.165) is 25.9 Å².